The van der Waals surface area contributed by atoms with Crippen LogP contribution in [-0.4, -0.2) is 22.6 Å². The van der Waals surface area contributed by atoms with Crippen molar-refractivity contribution in [3.05, 3.63) is 108 Å². The predicted octanol–water partition coefficient (Wildman–Crippen LogP) is 4.58. The summed E-state index contributed by atoms with van der Waals surface area (Å²) in [6.45, 7) is 0.259. The van der Waals surface area contributed by atoms with E-state index in [0.29, 0.717) is 6.61 Å². The quantitative estimate of drug-likeness (QED) is 0.455. The zero-order chi connectivity index (χ0) is 20.8. The van der Waals surface area contributed by atoms with E-state index in [1.54, 1.807) is 0 Å². The van der Waals surface area contributed by atoms with Crippen molar-refractivity contribution in [2.75, 3.05) is 6.54 Å². The van der Waals surface area contributed by atoms with Crippen LogP contribution >= 0.6 is 0 Å². The fraction of sp³-hybridized carbons (Fsp3) is 0.120. The Morgan fingerprint density at radius 3 is 2.33 bits per heavy atom. The van der Waals surface area contributed by atoms with Crippen LogP contribution in [0.1, 0.15) is 22.9 Å². The summed E-state index contributed by atoms with van der Waals surface area (Å²) in [6, 6.07) is 29.3. The number of nitrogens with one attached hydrogen (secondary N) is 1. The number of rotatable bonds is 8. The molecule has 0 saturated heterocycles. The molecule has 0 aliphatic rings. The second kappa shape index (κ2) is 9.20. The van der Waals surface area contributed by atoms with Gasteiger partial charge in [-0.3, -0.25) is 10.1 Å². The number of carboxylic acids is 1. The molecule has 1 heterocycles. The van der Waals surface area contributed by atoms with E-state index in [1.165, 1.54) is 0 Å². The maximum Gasteiger partial charge on any atom is 0.317 e. The van der Waals surface area contributed by atoms with E-state index < -0.39 is 5.97 Å². The topological polar surface area (TPSA) is 71.5 Å². The molecule has 3 aromatic carbocycles. The summed E-state index contributed by atoms with van der Waals surface area (Å²) in [5.74, 6) is -0.155. The molecular weight excluding hydrogens is 376 g/mol. The Morgan fingerprint density at radius 1 is 0.867 bits per heavy atom. The molecule has 4 rings (SSSR count). The summed E-state index contributed by atoms with van der Waals surface area (Å²) < 4.78 is 5.90. The summed E-state index contributed by atoms with van der Waals surface area (Å²) in [4.78, 5) is 15.7. The minimum atomic E-state index is -0.890. The second-order valence-electron chi connectivity index (χ2n) is 6.97. The number of carboxylic acid groups (broad SMARTS) is 1. The number of benzene rings is 3. The summed E-state index contributed by atoms with van der Waals surface area (Å²) in [5, 5.41) is 13.3. The molecule has 0 bridgehead atoms. The Hall–Kier alpha value is -3.70. The van der Waals surface area contributed by atoms with Crippen molar-refractivity contribution in [1.29, 1.82) is 0 Å². The minimum absolute atomic E-state index is 0.120. The molecule has 0 aliphatic carbocycles. The van der Waals surface area contributed by atoms with Crippen LogP contribution in [0.3, 0.4) is 0 Å². The summed E-state index contributed by atoms with van der Waals surface area (Å²) in [6.07, 6.45) is 0. The highest BCUT2D eigenvalue weighted by Gasteiger charge is 2.15. The van der Waals surface area contributed by atoms with Crippen LogP contribution in [0, 0.1) is 0 Å². The summed E-state index contributed by atoms with van der Waals surface area (Å²) >= 11 is 0. The average Bonchev–Trinajstić information content (AvgIpc) is 2.79. The Bertz CT molecular complexity index is 1130. The van der Waals surface area contributed by atoms with Crippen LogP contribution in [0.5, 0.6) is 5.75 Å². The van der Waals surface area contributed by atoms with Gasteiger partial charge < -0.3 is 9.84 Å². The largest absolute Gasteiger partial charge is 0.487 e. The van der Waals surface area contributed by atoms with E-state index in [9.17, 15) is 4.79 Å². The first-order chi connectivity index (χ1) is 14.7. The van der Waals surface area contributed by atoms with Crippen molar-refractivity contribution in [3.8, 4) is 5.75 Å². The molecule has 5 nitrogen and oxygen atoms in total. The minimum Gasteiger partial charge on any atom is -0.487 e. The van der Waals surface area contributed by atoms with Gasteiger partial charge in [-0.2, -0.15) is 0 Å². The Labute approximate surface area is 175 Å². The fourth-order valence-electron chi connectivity index (χ4n) is 3.37. The standard InChI is InChI=1S/C25H22N2O3/c28-24(29)16-26-25(19-7-2-1-3-8-19)20-11-14-22(15-12-20)30-17-21-13-10-18-6-4-5-9-23(18)27-21/h1-15,25-26H,16-17H2,(H,28,29). The number of nitrogens with zero attached hydrogens (tertiary/aromatic N) is 1. The first-order valence-corrected chi connectivity index (χ1v) is 9.76. The lowest BCUT2D eigenvalue weighted by Gasteiger charge is -2.19. The van der Waals surface area contributed by atoms with E-state index >= 15 is 0 Å². The number of carbonyl (C=O) groups is 1. The van der Waals surface area contributed by atoms with E-state index in [0.717, 1.165) is 33.5 Å². The molecule has 0 aliphatic heterocycles. The first kappa shape index (κ1) is 19.6. The molecule has 1 aromatic heterocycles. The molecule has 30 heavy (non-hydrogen) atoms. The number of aromatic nitrogens is 1. The van der Waals surface area contributed by atoms with Gasteiger partial charge in [-0.1, -0.05) is 66.7 Å². The van der Waals surface area contributed by atoms with Crippen molar-refractivity contribution in [1.82, 2.24) is 10.3 Å². The molecule has 0 spiro atoms. The number of hydrogen-bond donors (Lipinski definition) is 2. The van der Waals surface area contributed by atoms with Crippen LogP contribution < -0.4 is 10.1 Å². The maximum atomic E-state index is 11.0. The third-order valence-corrected chi connectivity index (χ3v) is 4.85. The SMILES string of the molecule is O=C(O)CNC(c1ccccc1)c1ccc(OCc2ccc3ccccc3n2)cc1. The van der Waals surface area contributed by atoms with Gasteiger partial charge in [0.15, 0.2) is 0 Å². The third kappa shape index (κ3) is 4.82. The zero-order valence-electron chi connectivity index (χ0n) is 16.4. The molecular formula is C25H22N2O3. The average molecular weight is 398 g/mol. The number of para-hydroxylation sites is 1. The first-order valence-electron chi connectivity index (χ1n) is 9.76. The summed E-state index contributed by atoms with van der Waals surface area (Å²) in [5.41, 5.74) is 3.79. The number of ether oxygens (including phenoxy) is 1. The normalized spacial score (nSPS) is 11.9. The monoisotopic (exact) mass is 398 g/mol. The number of fused-ring (bicyclic) bond motifs is 1. The molecule has 1 unspecified atom stereocenters. The van der Waals surface area contributed by atoms with Crippen molar-refractivity contribution in [2.24, 2.45) is 0 Å². The molecule has 0 fully saturated rings. The Balaban J connectivity index is 1.46. The highest BCUT2D eigenvalue weighted by Crippen LogP contribution is 2.24. The van der Waals surface area contributed by atoms with Crippen LogP contribution in [0.4, 0.5) is 0 Å². The van der Waals surface area contributed by atoms with Crippen LogP contribution in [0.25, 0.3) is 10.9 Å². The molecule has 0 amide bonds. The van der Waals surface area contributed by atoms with E-state index in [1.807, 2.05) is 91.0 Å². The van der Waals surface area contributed by atoms with Gasteiger partial charge in [-0.15, -0.1) is 0 Å². The van der Waals surface area contributed by atoms with E-state index in [-0.39, 0.29) is 12.6 Å². The van der Waals surface area contributed by atoms with Crippen LogP contribution in [-0.2, 0) is 11.4 Å². The van der Waals surface area contributed by atoms with E-state index in [2.05, 4.69) is 10.3 Å². The number of hydrogen-bond acceptors (Lipinski definition) is 4. The third-order valence-electron chi connectivity index (χ3n) is 4.85. The van der Waals surface area contributed by atoms with Gasteiger partial charge in [-0.05, 0) is 35.4 Å². The Kier molecular flexibility index (Phi) is 6.01. The number of aliphatic carboxylic acids is 1. The predicted molar refractivity (Wildman–Crippen MR) is 116 cm³/mol. The van der Waals surface area contributed by atoms with Crippen molar-refractivity contribution < 1.29 is 14.6 Å². The van der Waals surface area contributed by atoms with Crippen molar-refractivity contribution in [2.45, 2.75) is 12.6 Å². The maximum absolute atomic E-state index is 11.0. The van der Waals surface area contributed by atoms with Gasteiger partial charge in [0.25, 0.3) is 0 Å². The lowest BCUT2D eigenvalue weighted by atomic mass is 9.98. The summed E-state index contributed by atoms with van der Waals surface area (Å²) in [7, 11) is 0. The molecule has 0 saturated carbocycles. The van der Waals surface area contributed by atoms with Gasteiger partial charge in [0.2, 0.25) is 0 Å². The van der Waals surface area contributed by atoms with Crippen LogP contribution in [0.2, 0.25) is 0 Å². The van der Waals surface area contributed by atoms with Gasteiger partial charge >= 0.3 is 5.97 Å². The van der Waals surface area contributed by atoms with E-state index in [4.69, 9.17) is 9.84 Å². The van der Waals surface area contributed by atoms with Crippen LogP contribution in [0.15, 0.2) is 91.0 Å². The Morgan fingerprint density at radius 2 is 1.57 bits per heavy atom. The molecule has 0 radical (unpaired) electrons. The highest BCUT2D eigenvalue weighted by molar-refractivity contribution is 5.78. The molecule has 2 N–H and O–H groups in total. The highest BCUT2D eigenvalue weighted by atomic mass is 16.5. The van der Waals surface area contributed by atoms with Gasteiger partial charge in [0.05, 0.1) is 23.8 Å². The van der Waals surface area contributed by atoms with Gasteiger partial charge in [0, 0.05) is 5.39 Å². The molecule has 4 aromatic rings. The fourth-order valence-corrected chi connectivity index (χ4v) is 3.37. The van der Waals surface area contributed by atoms with Gasteiger partial charge in [-0.25, -0.2) is 4.98 Å². The zero-order valence-corrected chi connectivity index (χ0v) is 16.4. The lowest BCUT2D eigenvalue weighted by Crippen LogP contribution is -2.28. The molecule has 150 valence electrons. The second-order valence-corrected chi connectivity index (χ2v) is 6.97. The lowest BCUT2D eigenvalue weighted by molar-refractivity contribution is -0.136. The molecule has 1 atom stereocenters. The smallest absolute Gasteiger partial charge is 0.317 e. The number of pyridine rings is 1. The van der Waals surface area contributed by atoms with Crippen molar-refractivity contribution in [3.63, 3.8) is 0 Å². The molecule has 5 heteroatoms. The van der Waals surface area contributed by atoms with Gasteiger partial charge in [0.1, 0.15) is 12.4 Å². The van der Waals surface area contributed by atoms with Crippen molar-refractivity contribution >= 4 is 16.9 Å².